The van der Waals surface area contributed by atoms with Gasteiger partial charge in [0.15, 0.2) is 23.5 Å². The van der Waals surface area contributed by atoms with Crippen molar-refractivity contribution in [1.82, 2.24) is 0 Å². The maximum atomic E-state index is 13.7. The van der Waals surface area contributed by atoms with Crippen LogP contribution in [0.3, 0.4) is 0 Å². The number of fused-ring (bicyclic) bond motifs is 7. The zero-order valence-corrected chi connectivity index (χ0v) is 24.8. The number of ether oxygens (including phenoxy) is 2. The van der Waals surface area contributed by atoms with Crippen LogP contribution in [0.15, 0.2) is 60.2 Å². The fourth-order valence-electron chi connectivity index (χ4n) is 9.39. The van der Waals surface area contributed by atoms with E-state index in [4.69, 9.17) is 9.47 Å². The molecule has 8 heteroatoms. The van der Waals surface area contributed by atoms with Gasteiger partial charge in [-0.05, 0) is 72.9 Å². The Kier molecular flexibility index (Phi) is 6.77. The molecular formula is C34H38O7S. The molecule has 0 radical (unpaired) electrons. The quantitative estimate of drug-likeness (QED) is 0.456. The number of aliphatic hydroxyl groups excluding tert-OH is 3. The number of aliphatic hydroxyl groups is 3. The molecule has 1 aliphatic heterocycles. The van der Waals surface area contributed by atoms with Crippen LogP contribution in [0.5, 0.6) is 0 Å². The van der Waals surface area contributed by atoms with Crippen molar-refractivity contribution in [3.8, 4) is 0 Å². The van der Waals surface area contributed by atoms with Crippen molar-refractivity contribution in [3.05, 3.63) is 81.1 Å². The molecule has 42 heavy (non-hydrogen) atoms. The predicted octanol–water partition coefficient (Wildman–Crippen LogP) is 4.43. The molecule has 4 fully saturated rings. The third kappa shape index (κ3) is 3.96. The maximum absolute atomic E-state index is 13.7. The molecule has 3 N–H and O–H groups in total. The van der Waals surface area contributed by atoms with E-state index in [0.717, 1.165) is 45.7 Å². The summed E-state index contributed by atoms with van der Waals surface area (Å²) in [6, 6.07) is 11.9. The molecule has 5 aliphatic rings. The zero-order chi connectivity index (χ0) is 29.4. The van der Waals surface area contributed by atoms with Crippen molar-refractivity contribution in [2.75, 3.05) is 6.61 Å². The summed E-state index contributed by atoms with van der Waals surface area (Å²) in [5, 5.41) is 31.3. The summed E-state index contributed by atoms with van der Waals surface area (Å²) >= 11 is 1.59. The van der Waals surface area contributed by atoms with Gasteiger partial charge < -0.3 is 24.8 Å². The molecule has 0 spiro atoms. The first kappa shape index (κ1) is 28.3. The van der Waals surface area contributed by atoms with E-state index in [-0.39, 0.29) is 35.9 Å². The van der Waals surface area contributed by atoms with Gasteiger partial charge in [0.2, 0.25) is 0 Å². The van der Waals surface area contributed by atoms with E-state index in [1.807, 2.05) is 36.4 Å². The van der Waals surface area contributed by atoms with E-state index in [1.54, 1.807) is 23.5 Å². The standard InChI is InChI=1S/C34H38O7S/c1-32-12-11-22(37)14-21(32)7-9-24-25-15-29-34(28(39)18-36,33(25,2)16-26(38)30(24)32)41-31(40-29)27-10-8-23(42-27)13-19-3-5-20(17-35)6-4-19/h3-6,8,10-12,14,24-26,29-31,35-36,38H,7,9,13,15-18H2,1-2H3/t24-,25-,26-,29+,30+,31+,32-,33-,34+/m0/s1. The van der Waals surface area contributed by atoms with E-state index in [9.17, 15) is 24.9 Å². The summed E-state index contributed by atoms with van der Waals surface area (Å²) in [5.41, 5.74) is 0.632. The van der Waals surface area contributed by atoms with Crippen molar-refractivity contribution in [1.29, 1.82) is 0 Å². The highest BCUT2D eigenvalue weighted by atomic mass is 32.1. The number of ketones is 2. The van der Waals surface area contributed by atoms with Gasteiger partial charge in [-0.2, -0.15) is 0 Å². The Bertz CT molecular complexity index is 1470. The number of carbonyl (C=O) groups is 2. The number of Topliss-reactive ketones (excluding diaryl/α,β-unsaturated/α-hetero) is 1. The normalized spacial score (nSPS) is 40.2. The van der Waals surface area contributed by atoms with Crippen LogP contribution in [0.4, 0.5) is 0 Å². The minimum atomic E-state index is -1.34. The Balaban J connectivity index is 1.17. The summed E-state index contributed by atoms with van der Waals surface area (Å²) in [6.45, 7) is 3.56. The van der Waals surface area contributed by atoms with E-state index >= 15 is 0 Å². The molecule has 7 rings (SSSR count). The van der Waals surface area contributed by atoms with Gasteiger partial charge in [0.1, 0.15) is 6.61 Å². The van der Waals surface area contributed by atoms with Gasteiger partial charge in [0.25, 0.3) is 0 Å². The number of thiophene rings is 1. The van der Waals surface area contributed by atoms with Crippen LogP contribution in [0.2, 0.25) is 0 Å². The number of hydrogen-bond donors (Lipinski definition) is 3. The second kappa shape index (κ2) is 10.0. The maximum Gasteiger partial charge on any atom is 0.194 e. The second-order valence-corrected chi connectivity index (χ2v) is 14.5. The van der Waals surface area contributed by atoms with Gasteiger partial charge in [0.05, 0.1) is 23.7 Å². The molecule has 1 aromatic carbocycles. The van der Waals surface area contributed by atoms with E-state index in [2.05, 4.69) is 19.9 Å². The molecular weight excluding hydrogens is 552 g/mol. The van der Waals surface area contributed by atoms with E-state index in [0.29, 0.717) is 12.8 Å². The van der Waals surface area contributed by atoms with Crippen LogP contribution in [0.25, 0.3) is 0 Å². The first-order valence-electron chi connectivity index (χ1n) is 15.0. The van der Waals surface area contributed by atoms with Crippen molar-refractivity contribution < 1.29 is 34.4 Å². The Morgan fingerprint density at radius 1 is 1.10 bits per heavy atom. The van der Waals surface area contributed by atoms with E-state index in [1.165, 1.54) is 0 Å². The number of rotatable bonds is 6. The molecule has 0 unspecified atom stereocenters. The van der Waals surface area contributed by atoms with Crippen LogP contribution in [-0.2, 0) is 32.1 Å². The van der Waals surface area contributed by atoms with Crippen LogP contribution >= 0.6 is 11.3 Å². The van der Waals surface area contributed by atoms with Crippen LogP contribution in [0.1, 0.15) is 66.7 Å². The Hall–Kier alpha value is -2.46. The van der Waals surface area contributed by atoms with Gasteiger partial charge in [-0.15, -0.1) is 11.3 Å². The SMILES string of the molecule is C[C@]12C=CC(=O)C=C1CC[C@@H]1[C@@H]2[C@@H](O)C[C@@]2(C)[C@H]1C[C@H]1O[C@@H](c3ccc(Cc4ccc(CO)cc4)s3)O[C@]12C(=O)CO. The first-order chi connectivity index (χ1) is 20.1. The number of allylic oxidation sites excluding steroid dienone is 4. The van der Waals surface area contributed by atoms with Crippen LogP contribution in [-0.4, -0.2) is 51.3 Å². The van der Waals surface area contributed by atoms with Crippen LogP contribution < -0.4 is 0 Å². The number of carbonyl (C=O) groups excluding carboxylic acids is 2. The minimum absolute atomic E-state index is 0.00290. The van der Waals surface area contributed by atoms with Gasteiger partial charge in [-0.1, -0.05) is 49.8 Å². The third-order valence-electron chi connectivity index (χ3n) is 11.3. The lowest BCUT2D eigenvalue weighted by Gasteiger charge is -2.59. The molecule has 2 aromatic rings. The molecule has 222 valence electrons. The lowest BCUT2D eigenvalue weighted by Crippen LogP contribution is -2.63. The minimum Gasteiger partial charge on any atom is -0.393 e. The molecule has 9 atom stereocenters. The molecule has 0 amide bonds. The molecule has 2 heterocycles. The zero-order valence-electron chi connectivity index (χ0n) is 24.0. The van der Waals surface area contributed by atoms with E-state index < -0.39 is 41.5 Å². The summed E-state index contributed by atoms with van der Waals surface area (Å²) in [4.78, 5) is 27.9. The van der Waals surface area contributed by atoms with Crippen molar-refractivity contribution in [3.63, 3.8) is 0 Å². The van der Waals surface area contributed by atoms with Gasteiger partial charge in [-0.3, -0.25) is 9.59 Å². The molecule has 1 aromatic heterocycles. The monoisotopic (exact) mass is 590 g/mol. The predicted molar refractivity (Wildman–Crippen MR) is 156 cm³/mol. The van der Waals surface area contributed by atoms with Crippen molar-refractivity contribution >= 4 is 22.9 Å². The largest absolute Gasteiger partial charge is 0.393 e. The fourth-order valence-corrected chi connectivity index (χ4v) is 10.4. The summed E-state index contributed by atoms with van der Waals surface area (Å²) < 4.78 is 13.3. The lowest BCUT2D eigenvalue weighted by molar-refractivity contribution is -0.200. The third-order valence-corrected chi connectivity index (χ3v) is 12.4. The molecule has 7 nitrogen and oxygen atoms in total. The molecule has 3 saturated carbocycles. The van der Waals surface area contributed by atoms with Gasteiger partial charge >= 0.3 is 0 Å². The molecule has 4 aliphatic carbocycles. The smallest absolute Gasteiger partial charge is 0.194 e. The highest BCUT2D eigenvalue weighted by molar-refractivity contribution is 7.12. The van der Waals surface area contributed by atoms with Crippen molar-refractivity contribution in [2.24, 2.45) is 28.6 Å². The van der Waals surface area contributed by atoms with Gasteiger partial charge in [0, 0.05) is 28.0 Å². The fraction of sp³-hybridized carbons (Fsp3) is 0.529. The summed E-state index contributed by atoms with van der Waals surface area (Å²) in [5.74, 6) is -0.246. The highest BCUT2D eigenvalue weighted by Gasteiger charge is 2.76. The summed E-state index contributed by atoms with van der Waals surface area (Å²) in [6.07, 6.45) is 6.75. The topological polar surface area (TPSA) is 113 Å². The highest BCUT2D eigenvalue weighted by Crippen LogP contribution is 2.70. The second-order valence-electron chi connectivity index (χ2n) is 13.3. The number of hydrogen-bond acceptors (Lipinski definition) is 8. The summed E-state index contributed by atoms with van der Waals surface area (Å²) in [7, 11) is 0. The number of benzene rings is 1. The van der Waals surface area contributed by atoms with Crippen LogP contribution in [0, 0.1) is 28.6 Å². The average molecular weight is 591 g/mol. The Morgan fingerprint density at radius 2 is 1.86 bits per heavy atom. The molecule has 0 bridgehead atoms. The Morgan fingerprint density at radius 3 is 2.60 bits per heavy atom. The van der Waals surface area contributed by atoms with Gasteiger partial charge in [-0.25, -0.2) is 0 Å². The van der Waals surface area contributed by atoms with Crippen molar-refractivity contribution in [2.45, 2.75) is 76.7 Å². The first-order valence-corrected chi connectivity index (χ1v) is 15.8. The lowest BCUT2D eigenvalue weighted by atomic mass is 9.46. The Labute approximate surface area is 249 Å². The molecule has 1 saturated heterocycles. The average Bonchev–Trinajstić information content (AvgIpc) is 3.66.